The van der Waals surface area contributed by atoms with Crippen LogP contribution in [-0.4, -0.2) is 17.0 Å². The van der Waals surface area contributed by atoms with Gasteiger partial charge in [0.1, 0.15) is 0 Å². The van der Waals surface area contributed by atoms with Gasteiger partial charge in [-0.3, -0.25) is 9.59 Å². The normalized spacial score (nSPS) is 11.9. The molecule has 0 saturated carbocycles. The molecule has 1 atom stereocenters. The van der Waals surface area contributed by atoms with E-state index >= 15 is 0 Å². The molecular weight excluding hydrogens is 246 g/mol. The van der Waals surface area contributed by atoms with E-state index in [4.69, 9.17) is 22.6 Å². The maximum Gasteiger partial charge on any atom is 0.325 e. The van der Waals surface area contributed by atoms with Gasteiger partial charge in [0.05, 0.1) is 12.8 Å². The van der Waals surface area contributed by atoms with Gasteiger partial charge in [-0.1, -0.05) is 23.7 Å². The maximum absolute atomic E-state index is 11.1. The van der Waals surface area contributed by atoms with E-state index in [1.54, 1.807) is 24.3 Å². The number of rotatable bonds is 5. The Kier molecular flexibility index (Phi) is 4.93. The van der Waals surface area contributed by atoms with Crippen LogP contribution in [0.25, 0.3) is 0 Å². The molecule has 0 fully saturated rings. The van der Waals surface area contributed by atoms with Gasteiger partial charge in [0, 0.05) is 10.9 Å². The molecular formula is C11H12ClNO4. The van der Waals surface area contributed by atoms with Crippen LogP contribution in [0.1, 0.15) is 24.3 Å². The van der Waals surface area contributed by atoms with Crippen LogP contribution >= 0.6 is 11.6 Å². The molecule has 3 N–H and O–H groups in total. The number of hydrogen-bond acceptors (Lipinski definition) is 4. The van der Waals surface area contributed by atoms with Crippen LogP contribution in [0.15, 0.2) is 24.3 Å². The monoisotopic (exact) mass is 257 g/mol. The summed E-state index contributed by atoms with van der Waals surface area (Å²) < 4.78 is 0. The first-order valence-corrected chi connectivity index (χ1v) is 5.27. The summed E-state index contributed by atoms with van der Waals surface area (Å²) in [5, 5.41) is 9.32. The fraction of sp³-hybridized carbons (Fsp3) is 0.273. The Hall–Kier alpha value is -1.59. The molecule has 5 nitrogen and oxygen atoms in total. The maximum atomic E-state index is 11.1. The lowest BCUT2D eigenvalue weighted by molar-refractivity contribution is -0.145. The number of carbonyl (C=O) groups excluding carboxylic acids is 1. The Bertz CT molecular complexity index is 404. The first kappa shape index (κ1) is 13.5. The van der Waals surface area contributed by atoms with Crippen LogP contribution in [0.5, 0.6) is 0 Å². The number of carbonyl (C=O) groups is 2. The van der Waals surface area contributed by atoms with E-state index in [2.05, 4.69) is 4.84 Å². The third-order valence-corrected chi connectivity index (χ3v) is 2.56. The molecule has 92 valence electrons. The summed E-state index contributed by atoms with van der Waals surface area (Å²) >= 11 is 5.73. The quantitative estimate of drug-likeness (QED) is 0.784. The molecule has 1 aromatic carbocycles. The molecule has 1 aromatic rings. The molecule has 0 spiro atoms. The van der Waals surface area contributed by atoms with Gasteiger partial charge in [-0.2, -0.15) is 5.90 Å². The number of aliphatic carboxylic acids is 1. The highest BCUT2D eigenvalue weighted by molar-refractivity contribution is 6.30. The number of benzene rings is 1. The topological polar surface area (TPSA) is 89.6 Å². The van der Waals surface area contributed by atoms with Crippen molar-refractivity contribution in [2.75, 3.05) is 0 Å². The molecule has 0 radical (unpaired) electrons. The Morgan fingerprint density at radius 3 is 2.35 bits per heavy atom. The summed E-state index contributed by atoms with van der Waals surface area (Å²) in [5.41, 5.74) is 0.710. The van der Waals surface area contributed by atoms with Crippen molar-refractivity contribution in [1.82, 2.24) is 0 Å². The summed E-state index contributed by atoms with van der Waals surface area (Å²) in [6, 6.07) is 6.64. The van der Waals surface area contributed by atoms with E-state index in [1.165, 1.54) is 0 Å². The molecule has 0 aliphatic heterocycles. The second-order valence-electron chi connectivity index (χ2n) is 3.54. The molecule has 0 saturated heterocycles. The molecule has 0 aliphatic rings. The van der Waals surface area contributed by atoms with Crippen LogP contribution in [0.2, 0.25) is 5.02 Å². The Morgan fingerprint density at radius 2 is 1.88 bits per heavy atom. The third kappa shape index (κ3) is 4.42. The highest BCUT2D eigenvalue weighted by Crippen LogP contribution is 2.25. The first-order chi connectivity index (χ1) is 8.02. The van der Waals surface area contributed by atoms with E-state index in [1.807, 2.05) is 0 Å². The number of carboxylic acid groups (broad SMARTS) is 1. The zero-order valence-corrected chi connectivity index (χ0v) is 9.68. The lowest BCUT2D eigenvalue weighted by Gasteiger charge is -2.13. The van der Waals surface area contributed by atoms with Crippen molar-refractivity contribution in [3.63, 3.8) is 0 Å². The SMILES string of the molecule is NOC(=O)CC(CC(=O)O)c1ccc(Cl)cc1. The summed E-state index contributed by atoms with van der Waals surface area (Å²) in [6.45, 7) is 0. The van der Waals surface area contributed by atoms with E-state index in [0.717, 1.165) is 0 Å². The fourth-order valence-corrected chi connectivity index (χ4v) is 1.63. The Balaban J connectivity index is 2.85. The van der Waals surface area contributed by atoms with Gasteiger partial charge >= 0.3 is 11.9 Å². The fourth-order valence-electron chi connectivity index (χ4n) is 1.50. The highest BCUT2D eigenvalue weighted by atomic mass is 35.5. The summed E-state index contributed by atoms with van der Waals surface area (Å²) in [4.78, 5) is 25.8. The second-order valence-corrected chi connectivity index (χ2v) is 3.98. The van der Waals surface area contributed by atoms with Crippen LogP contribution in [0.3, 0.4) is 0 Å². The van der Waals surface area contributed by atoms with Crippen molar-refractivity contribution in [2.24, 2.45) is 5.90 Å². The minimum absolute atomic E-state index is 0.0789. The Labute approximate surface area is 103 Å². The average Bonchev–Trinajstić information content (AvgIpc) is 2.28. The molecule has 0 heterocycles. The van der Waals surface area contributed by atoms with Crippen LogP contribution in [0.4, 0.5) is 0 Å². The summed E-state index contributed by atoms with van der Waals surface area (Å²) in [7, 11) is 0. The predicted molar refractivity (Wildman–Crippen MR) is 61.3 cm³/mol. The van der Waals surface area contributed by atoms with Crippen molar-refractivity contribution in [1.29, 1.82) is 0 Å². The Morgan fingerprint density at radius 1 is 1.29 bits per heavy atom. The number of halogens is 1. The van der Waals surface area contributed by atoms with Crippen molar-refractivity contribution >= 4 is 23.5 Å². The third-order valence-electron chi connectivity index (χ3n) is 2.31. The molecule has 17 heavy (non-hydrogen) atoms. The van der Waals surface area contributed by atoms with Crippen molar-refractivity contribution in [2.45, 2.75) is 18.8 Å². The van der Waals surface area contributed by atoms with Gasteiger partial charge in [-0.05, 0) is 17.7 Å². The lowest BCUT2D eigenvalue weighted by Crippen LogP contribution is -2.16. The number of nitrogens with two attached hydrogens (primary N) is 1. The van der Waals surface area contributed by atoms with E-state index in [-0.39, 0.29) is 12.8 Å². The van der Waals surface area contributed by atoms with E-state index < -0.39 is 17.9 Å². The standard InChI is InChI=1S/C11H12ClNO4/c12-9-3-1-7(2-4-9)8(5-10(14)15)6-11(16)17-13/h1-4,8H,5-6,13H2,(H,14,15). The van der Waals surface area contributed by atoms with Gasteiger partial charge in [0.15, 0.2) is 0 Å². The average molecular weight is 258 g/mol. The zero-order chi connectivity index (χ0) is 12.8. The van der Waals surface area contributed by atoms with Crippen LogP contribution in [0, 0.1) is 0 Å². The molecule has 1 rings (SSSR count). The molecule has 0 aliphatic carbocycles. The molecule has 1 unspecified atom stereocenters. The van der Waals surface area contributed by atoms with Gasteiger partial charge in [0.25, 0.3) is 0 Å². The minimum atomic E-state index is -0.991. The van der Waals surface area contributed by atoms with Crippen molar-refractivity contribution in [3.8, 4) is 0 Å². The predicted octanol–water partition coefficient (Wildman–Crippen LogP) is 1.71. The molecule has 0 bridgehead atoms. The van der Waals surface area contributed by atoms with Crippen molar-refractivity contribution in [3.05, 3.63) is 34.9 Å². The zero-order valence-electron chi connectivity index (χ0n) is 8.93. The summed E-state index contributed by atoms with van der Waals surface area (Å²) in [5.74, 6) is 2.63. The number of hydrogen-bond donors (Lipinski definition) is 2. The molecule has 0 amide bonds. The first-order valence-electron chi connectivity index (χ1n) is 4.89. The molecule has 6 heteroatoms. The highest BCUT2D eigenvalue weighted by Gasteiger charge is 2.19. The smallest absolute Gasteiger partial charge is 0.325 e. The minimum Gasteiger partial charge on any atom is -0.481 e. The number of carboxylic acids is 1. The van der Waals surface area contributed by atoms with Gasteiger partial charge in [-0.15, -0.1) is 0 Å². The largest absolute Gasteiger partial charge is 0.481 e. The van der Waals surface area contributed by atoms with Crippen LogP contribution < -0.4 is 5.90 Å². The lowest BCUT2D eigenvalue weighted by atomic mass is 9.93. The van der Waals surface area contributed by atoms with Gasteiger partial charge in [0.2, 0.25) is 0 Å². The summed E-state index contributed by atoms with van der Waals surface area (Å²) in [6.07, 6.45) is -0.249. The van der Waals surface area contributed by atoms with Gasteiger partial charge in [-0.25, -0.2) is 0 Å². The van der Waals surface area contributed by atoms with E-state index in [0.29, 0.717) is 10.6 Å². The van der Waals surface area contributed by atoms with E-state index in [9.17, 15) is 9.59 Å². The van der Waals surface area contributed by atoms with Crippen molar-refractivity contribution < 1.29 is 19.5 Å². The second kappa shape index (κ2) is 6.22. The van der Waals surface area contributed by atoms with Crippen LogP contribution in [-0.2, 0) is 14.4 Å². The molecule has 0 aromatic heterocycles. The van der Waals surface area contributed by atoms with Gasteiger partial charge < -0.3 is 9.94 Å².